The van der Waals surface area contributed by atoms with Gasteiger partial charge in [0.1, 0.15) is 0 Å². The van der Waals surface area contributed by atoms with Gasteiger partial charge in [-0.3, -0.25) is 9.78 Å². The first-order chi connectivity index (χ1) is 8.79. The topological polar surface area (TPSA) is 77.2 Å². The molecule has 18 heavy (non-hydrogen) atoms. The van der Waals surface area contributed by atoms with Gasteiger partial charge >= 0.3 is 0 Å². The second kappa shape index (κ2) is 6.47. The second-order valence-corrected chi connectivity index (χ2v) is 4.53. The molecule has 5 heteroatoms. The third kappa shape index (κ3) is 3.51. The Kier molecular flexibility index (Phi) is 4.66. The summed E-state index contributed by atoms with van der Waals surface area (Å²) in [5, 5.41) is 2.93. The molecule has 98 valence electrons. The largest absolute Gasteiger partial charge is 0.381 e. The molecule has 1 atom stereocenters. The van der Waals surface area contributed by atoms with E-state index in [1.807, 2.05) is 0 Å². The Bertz CT molecular complexity index is 403. The predicted molar refractivity (Wildman–Crippen MR) is 68.0 cm³/mol. The smallest absolute Gasteiger partial charge is 0.251 e. The number of aromatic nitrogens is 1. The average molecular weight is 249 g/mol. The summed E-state index contributed by atoms with van der Waals surface area (Å²) in [6.07, 6.45) is 3.80. The van der Waals surface area contributed by atoms with Gasteiger partial charge in [-0.1, -0.05) is 0 Å². The summed E-state index contributed by atoms with van der Waals surface area (Å²) in [5.41, 5.74) is 6.84. The fraction of sp³-hybridized carbons (Fsp3) is 0.538. The number of rotatable bonds is 4. The van der Waals surface area contributed by atoms with Gasteiger partial charge in [0, 0.05) is 31.5 Å². The molecule has 0 aromatic carbocycles. The molecule has 0 bridgehead atoms. The highest BCUT2D eigenvalue weighted by Crippen LogP contribution is 2.12. The van der Waals surface area contributed by atoms with Crippen LogP contribution in [0.5, 0.6) is 0 Å². The van der Waals surface area contributed by atoms with Gasteiger partial charge in [0.15, 0.2) is 0 Å². The quantitative estimate of drug-likeness (QED) is 0.823. The molecule has 5 nitrogen and oxygen atoms in total. The summed E-state index contributed by atoms with van der Waals surface area (Å²) in [5.74, 6) is 0.358. The van der Waals surface area contributed by atoms with E-state index in [1.165, 1.54) is 0 Å². The van der Waals surface area contributed by atoms with Crippen molar-refractivity contribution in [1.82, 2.24) is 10.3 Å². The summed E-state index contributed by atoms with van der Waals surface area (Å²) in [6, 6.07) is 3.43. The maximum absolute atomic E-state index is 11.9. The Labute approximate surface area is 107 Å². The number of amides is 1. The molecule has 1 amide bonds. The molecular weight excluding hydrogens is 230 g/mol. The van der Waals surface area contributed by atoms with E-state index in [9.17, 15) is 4.79 Å². The number of hydrogen-bond acceptors (Lipinski definition) is 4. The molecule has 2 heterocycles. The van der Waals surface area contributed by atoms with E-state index in [0.717, 1.165) is 31.7 Å². The summed E-state index contributed by atoms with van der Waals surface area (Å²) in [4.78, 5) is 16.0. The fourth-order valence-electron chi connectivity index (χ4n) is 2.04. The molecule has 1 aromatic rings. The predicted octanol–water partition coefficient (Wildman–Crippen LogP) is 0.697. The maximum Gasteiger partial charge on any atom is 0.251 e. The highest BCUT2D eigenvalue weighted by atomic mass is 16.5. The molecule has 1 aliphatic heterocycles. The summed E-state index contributed by atoms with van der Waals surface area (Å²) < 4.78 is 5.38. The summed E-state index contributed by atoms with van der Waals surface area (Å²) in [6.45, 7) is 2.59. The van der Waals surface area contributed by atoms with Crippen LogP contribution in [0.25, 0.3) is 0 Å². The number of nitrogens with zero attached hydrogens (tertiary/aromatic N) is 1. The summed E-state index contributed by atoms with van der Waals surface area (Å²) in [7, 11) is 0. The van der Waals surface area contributed by atoms with Crippen molar-refractivity contribution in [2.45, 2.75) is 19.4 Å². The van der Waals surface area contributed by atoms with E-state index in [1.54, 1.807) is 18.3 Å². The van der Waals surface area contributed by atoms with Gasteiger partial charge in [-0.15, -0.1) is 0 Å². The molecule has 2 rings (SSSR count). The SMILES string of the molecule is NCc1cc(C(=O)NCC2CCCOC2)ccn1. The molecule has 0 saturated carbocycles. The van der Waals surface area contributed by atoms with Crippen molar-refractivity contribution < 1.29 is 9.53 Å². The van der Waals surface area contributed by atoms with Crippen molar-refractivity contribution in [2.75, 3.05) is 19.8 Å². The van der Waals surface area contributed by atoms with Gasteiger partial charge in [0.25, 0.3) is 5.91 Å². The lowest BCUT2D eigenvalue weighted by Gasteiger charge is -2.22. The third-order valence-corrected chi connectivity index (χ3v) is 3.09. The average Bonchev–Trinajstić information content (AvgIpc) is 2.46. The number of carbonyl (C=O) groups is 1. The Balaban J connectivity index is 1.86. The molecular formula is C13H19N3O2. The van der Waals surface area contributed by atoms with Gasteiger partial charge in [-0.2, -0.15) is 0 Å². The van der Waals surface area contributed by atoms with Crippen molar-refractivity contribution in [3.8, 4) is 0 Å². The lowest BCUT2D eigenvalue weighted by atomic mass is 10.0. The standard InChI is InChI=1S/C13H19N3O2/c14-7-12-6-11(3-4-15-12)13(17)16-8-10-2-1-5-18-9-10/h3-4,6,10H,1-2,5,7-9,14H2,(H,16,17). The first-order valence-corrected chi connectivity index (χ1v) is 6.30. The fourth-order valence-corrected chi connectivity index (χ4v) is 2.04. The monoisotopic (exact) mass is 249 g/mol. The van der Waals surface area contributed by atoms with E-state index in [-0.39, 0.29) is 5.91 Å². The van der Waals surface area contributed by atoms with Crippen molar-refractivity contribution in [1.29, 1.82) is 0 Å². The Morgan fingerprint density at radius 2 is 2.50 bits per heavy atom. The Hall–Kier alpha value is -1.46. The normalized spacial score (nSPS) is 19.5. The van der Waals surface area contributed by atoms with Crippen LogP contribution in [0.2, 0.25) is 0 Å². The van der Waals surface area contributed by atoms with Crippen molar-refractivity contribution in [3.05, 3.63) is 29.6 Å². The van der Waals surface area contributed by atoms with Crippen LogP contribution in [-0.2, 0) is 11.3 Å². The second-order valence-electron chi connectivity index (χ2n) is 4.53. The van der Waals surface area contributed by atoms with E-state index in [0.29, 0.717) is 24.6 Å². The lowest BCUT2D eigenvalue weighted by molar-refractivity contribution is 0.0536. The maximum atomic E-state index is 11.9. The number of nitrogens with two attached hydrogens (primary N) is 1. The van der Waals surface area contributed by atoms with Gasteiger partial charge in [-0.25, -0.2) is 0 Å². The van der Waals surface area contributed by atoms with Crippen LogP contribution in [0.4, 0.5) is 0 Å². The molecule has 1 saturated heterocycles. The zero-order chi connectivity index (χ0) is 12.8. The van der Waals surface area contributed by atoms with Crippen LogP contribution in [0.15, 0.2) is 18.3 Å². The number of nitrogens with one attached hydrogen (secondary N) is 1. The molecule has 1 aromatic heterocycles. The van der Waals surface area contributed by atoms with Crippen LogP contribution in [0, 0.1) is 5.92 Å². The summed E-state index contributed by atoms with van der Waals surface area (Å²) >= 11 is 0. The first kappa shape index (κ1) is 13.0. The number of ether oxygens (including phenoxy) is 1. The van der Waals surface area contributed by atoms with E-state index in [2.05, 4.69) is 10.3 Å². The van der Waals surface area contributed by atoms with Crippen molar-refractivity contribution in [3.63, 3.8) is 0 Å². The molecule has 0 spiro atoms. The number of hydrogen-bond donors (Lipinski definition) is 2. The van der Waals surface area contributed by atoms with E-state index >= 15 is 0 Å². The lowest BCUT2D eigenvalue weighted by Crippen LogP contribution is -2.33. The zero-order valence-electron chi connectivity index (χ0n) is 10.4. The molecule has 0 radical (unpaired) electrons. The van der Waals surface area contributed by atoms with Crippen LogP contribution >= 0.6 is 0 Å². The van der Waals surface area contributed by atoms with Crippen LogP contribution in [0.3, 0.4) is 0 Å². The Morgan fingerprint density at radius 1 is 1.61 bits per heavy atom. The van der Waals surface area contributed by atoms with Crippen LogP contribution in [0.1, 0.15) is 28.9 Å². The minimum atomic E-state index is -0.0716. The van der Waals surface area contributed by atoms with Gasteiger partial charge < -0.3 is 15.8 Å². The van der Waals surface area contributed by atoms with E-state index in [4.69, 9.17) is 10.5 Å². The molecule has 1 fully saturated rings. The minimum Gasteiger partial charge on any atom is -0.381 e. The Morgan fingerprint density at radius 3 is 3.22 bits per heavy atom. The van der Waals surface area contributed by atoms with Crippen molar-refractivity contribution >= 4 is 5.91 Å². The molecule has 1 aliphatic rings. The minimum absolute atomic E-state index is 0.0716. The molecule has 3 N–H and O–H groups in total. The number of carbonyl (C=O) groups excluding carboxylic acids is 1. The van der Waals surface area contributed by atoms with Gasteiger partial charge in [-0.05, 0) is 30.9 Å². The van der Waals surface area contributed by atoms with Crippen LogP contribution < -0.4 is 11.1 Å². The first-order valence-electron chi connectivity index (χ1n) is 6.30. The third-order valence-electron chi connectivity index (χ3n) is 3.09. The molecule has 1 unspecified atom stereocenters. The highest BCUT2D eigenvalue weighted by molar-refractivity contribution is 5.94. The zero-order valence-corrected chi connectivity index (χ0v) is 10.4. The highest BCUT2D eigenvalue weighted by Gasteiger charge is 2.15. The number of pyridine rings is 1. The van der Waals surface area contributed by atoms with Gasteiger partial charge in [0.2, 0.25) is 0 Å². The van der Waals surface area contributed by atoms with Gasteiger partial charge in [0.05, 0.1) is 12.3 Å². The van der Waals surface area contributed by atoms with Crippen LogP contribution in [-0.4, -0.2) is 30.6 Å². The van der Waals surface area contributed by atoms with Crippen molar-refractivity contribution in [2.24, 2.45) is 11.7 Å². The van der Waals surface area contributed by atoms with E-state index < -0.39 is 0 Å². The molecule has 0 aliphatic carbocycles.